The molecule has 5 rings (SSSR count). The SMILES string of the molecule is O=C(Nc1c[nH]c2ccc(O[C@H]3C[C@H](c4ccc(C(F)(F)F)cc4)C3)cc12)c1cncs1. The number of nitrogens with zero attached hydrogens (tertiary/aromatic N) is 1. The molecule has 0 atom stereocenters. The zero-order valence-corrected chi connectivity index (χ0v) is 17.5. The minimum absolute atomic E-state index is 0.00563. The van der Waals surface area contributed by atoms with Gasteiger partial charge in [0.15, 0.2) is 0 Å². The van der Waals surface area contributed by atoms with Crippen molar-refractivity contribution >= 4 is 33.8 Å². The Bertz CT molecular complexity index is 1240. The highest BCUT2D eigenvalue weighted by atomic mass is 32.1. The molecule has 2 N–H and O–H groups in total. The summed E-state index contributed by atoms with van der Waals surface area (Å²) in [5.41, 5.74) is 3.39. The van der Waals surface area contributed by atoms with Crippen LogP contribution >= 0.6 is 11.3 Å². The molecule has 164 valence electrons. The number of benzene rings is 2. The number of nitrogens with one attached hydrogen (secondary N) is 2. The molecule has 1 saturated carbocycles. The lowest BCUT2D eigenvalue weighted by Gasteiger charge is -2.35. The molecule has 4 aromatic rings. The Labute approximate surface area is 185 Å². The molecular formula is C23H18F3N3O2S. The Hall–Kier alpha value is -3.33. The summed E-state index contributed by atoms with van der Waals surface area (Å²) < 4.78 is 44.3. The Morgan fingerprint density at radius 2 is 1.94 bits per heavy atom. The van der Waals surface area contributed by atoms with Gasteiger partial charge in [0.2, 0.25) is 0 Å². The molecule has 5 nitrogen and oxygen atoms in total. The molecule has 1 aliphatic rings. The molecule has 2 heterocycles. The number of hydrogen-bond acceptors (Lipinski definition) is 4. The molecule has 32 heavy (non-hydrogen) atoms. The van der Waals surface area contributed by atoms with Crippen molar-refractivity contribution in [3.8, 4) is 5.75 Å². The molecule has 0 radical (unpaired) electrons. The molecule has 0 unspecified atom stereocenters. The Morgan fingerprint density at radius 1 is 1.16 bits per heavy atom. The zero-order valence-electron chi connectivity index (χ0n) is 16.6. The monoisotopic (exact) mass is 457 g/mol. The maximum absolute atomic E-state index is 12.7. The molecule has 1 amide bonds. The largest absolute Gasteiger partial charge is 0.490 e. The summed E-state index contributed by atoms with van der Waals surface area (Å²) in [6.07, 6.45) is 0.412. The van der Waals surface area contributed by atoms with Gasteiger partial charge in [0.05, 0.1) is 29.1 Å². The number of H-pyrrole nitrogens is 1. The number of carbonyl (C=O) groups excluding carboxylic acids is 1. The van der Waals surface area contributed by atoms with Crippen molar-refractivity contribution in [2.45, 2.75) is 31.0 Å². The van der Waals surface area contributed by atoms with E-state index in [1.807, 2.05) is 18.2 Å². The summed E-state index contributed by atoms with van der Waals surface area (Å²) in [5, 5.41) is 3.72. The summed E-state index contributed by atoms with van der Waals surface area (Å²) in [7, 11) is 0. The van der Waals surface area contributed by atoms with Gasteiger partial charge in [-0.25, -0.2) is 0 Å². The van der Waals surface area contributed by atoms with Crippen LogP contribution < -0.4 is 10.1 Å². The molecule has 2 aromatic carbocycles. The van der Waals surface area contributed by atoms with E-state index in [4.69, 9.17) is 4.74 Å². The second-order valence-electron chi connectivity index (χ2n) is 7.76. The minimum atomic E-state index is -4.32. The van der Waals surface area contributed by atoms with E-state index in [-0.39, 0.29) is 17.9 Å². The van der Waals surface area contributed by atoms with Crippen molar-refractivity contribution in [2.24, 2.45) is 0 Å². The molecule has 0 aliphatic heterocycles. The van der Waals surface area contributed by atoms with Gasteiger partial charge >= 0.3 is 6.18 Å². The Balaban J connectivity index is 1.23. The molecule has 2 aromatic heterocycles. The van der Waals surface area contributed by atoms with Crippen molar-refractivity contribution in [2.75, 3.05) is 5.32 Å². The topological polar surface area (TPSA) is 67.0 Å². The quantitative estimate of drug-likeness (QED) is 0.374. The van der Waals surface area contributed by atoms with E-state index in [1.165, 1.54) is 17.5 Å². The van der Waals surface area contributed by atoms with E-state index < -0.39 is 11.7 Å². The third-order valence-corrected chi connectivity index (χ3v) is 6.44. The summed E-state index contributed by atoms with van der Waals surface area (Å²) in [6.45, 7) is 0. The van der Waals surface area contributed by atoms with Gasteiger partial charge in [-0.05, 0) is 54.7 Å². The first kappa shape index (κ1) is 20.6. The number of halogens is 3. The number of fused-ring (bicyclic) bond motifs is 1. The van der Waals surface area contributed by atoms with E-state index in [0.29, 0.717) is 16.3 Å². The van der Waals surface area contributed by atoms with E-state index in [2.05, 4.69) is 15.3 Å². The van der Waals surface area contributed by atoms with Crippen molar-refractivity contribution in [3.05, 3.63) is 76.4 Å². The fourth-order valence-electron chi connectivity index (χ4n) is 3.86. The third-order valence-electron chi connectivity index (χ3n) is 5.66. The predicted octanol–water partition coefficient (Wildman–Crippen LogP) is 6.22. The van der Waals surface area contributed by atoms with Gasteiger partial charge in [0.25, 0.3) is 5.91 Å². The average Bonchev–Trinajstić information content (AvgIpc) is 3.40. The first-order valence-electron chi connectivity index (χ1n) is 10.0. The van der Waals surface area contributed by atoms with Crippen molar-refractivity contribution in [1.29, 1.82) is 0 Å². The molecule has 1 aliphatic carbocycles. The summed E-state index contributed by atoms with van der Waals surface area (Å²) in [5.74, 6) is 0.645. The van der Waals surface area contributed by atoms with Crippen LogP contribution in [-0.2, 0) is 6.18 Å². The number of ether oxygens (including phenoxy) is 1. The van der Waals surface area contributed by atoms with E-state index in [1.54, 1.807) is 23.8 Å². The maximum atomic E-state index is 12.7. The van der Waals surface area contributed by atoms with Crippen LogP contribution in [0, 0.1) is 0 Å². The summed E-state index contributed by atoms with van der Waals surface area (Å²) >= 11 is 1.27. The molecule has 0 spiro atoms. The van der Waals surface area contributed by atoms with Crippen LogP contribution in [0.25, 0.3) is 10.9 Å². The number of carbonyl (C=O) groups is 1. The predicted molar refractivity (Wildman–Crippen MR) is 116 cm³/mol. The van der Waals surface area contributed by atoms with Gasteiger partial charge in [0.1, 0.15) is 10.6 Å². The fraction of sp³-hybridized carbons (Fsp3) is 0.217. The number of hydrogen-bond donors (Lipinski definition) is 2. The van der Waals surface area contributed by atoms with Gasteiger partial charge < -0.3 is 15.0 Å². The second kappa shape index (κ2) is 7.98. The van der Waals surface area contributed by atoms with Crippen LogP contribution in [0.15, 0.2) is 60.4 Å². The van der Waals surface area contributed by atoms with Gasteiger partial charge in [-0.15, -0.1) is 11.3 Å². The number of aromatic nitrogens is 2. The molecule has 1 fully saturated rings. The second-order valence-corrected chi connectivity index (χ2v) is 8.64. The van der Waals surface area contributed by atoms with E-state index in [9.17, 15) is 18.0 Å². The lowest BCUT2D eigenvalue weighted by Crippen LogP contribution is -2.32. The smallest absolute Gasteiger partial charge is 0.416 e. The highest BCUT2D eigenvalue weighted by molar-refractivity contribution is 7.11. The van der Waals surface area contributed by atoms with Gasteiger partial charge in [-0.2, -0.15) is 13.2 Å². The fourth-order valence-corrected chi connectivity index (χ4v) is 4.37. The molecule has 0 bridgehead atoms. The number of rotatable bonds is 5. The Morgan fingerprint density at radius 3 is 2.62 bits per heavy atom. The van der Waals surface area contributed by atoms with Crippen molar-refractivity contribution in [1.82, 2.24) is 9.97 Å². The lowest BCUT2D eigenvalue weighted by molar-refractivity contribution is -0.137. The average molecular weight is 457 g/mol. The summed E-state index contributed by atoms with van der Waals surface area (Å²) in [6, 6.07) is 11.0. The number of amides is 1. The minimum Gasteiger partial charge on any atom is -0.490 e. The van der Waals surface area contributed by atoms with Crippen molar-refractivity contribution in [3.63, 3.8) is 0 Å². The van der Waals surface area contributed by atoms with Crippen LogP contribution in [0.4, 0.5) is 18.9 Å². The highest BCUT2D eigenvalue weighted by Crippen LogP contribution is 2.41. The zero-order chi connectivity index (χ0) is 22.3. The molecule has 9 heteroatoms. The number of anilines is 1. The first-order chi connectivity index (χ1) is 15.4. The van der Waals surface area contributed by atoms with Gasteiger partial charge in [-0.1, -0.05) is 12.1 Å². The van der Waals surface area contributed by atoms with Crippen LogP contribution in [0.3, 0.4) is 0 Å². The highest BCUT2D eigenvalue weighted by Gasteiger charge is 2.34. The van der Waals surface area contributed by atoms with E-state index >= 15 is 0 Å². The first-order valence-corrected chi connectivity index (χ1v) is 10.9. The van der Waals surface area contributed by atoms with Crippen LogP contribution in [-0.4, -0.2) is 22.0 Å². The number of aromatic amines is 1. The van der Waals surface area contributed by atoms with Crippen LogP contribution in [0.5, 0.6) is 5.75 Å². The molecule has 0 saturated heterocycles. The van der Waals surface area contributed by atoms with E-state index in [0.717, 1.165) is 41.4 Å². The third kappa shape index (κ3) is 4.08. The van der Waals surface area contributed by atoms with Gasteiger partial charge in [0, 0.05) is 17.1 Å². The Kier molecular flexibility index (Phi) is 5.13. The molecular weight excluding hydrogens is 439 g/mol. The maximum Gasteiger partial charge on any atom is 0.416 e. The van der Waals surface area contributed by atoms with Crippen LogP contribution in [0.2, 0.25) is 0 Å². The summed E-state index contributed by atoms with van der Waals surface area (Å²) in [4.78, 5) is 19.9. The normalized spacial score (nSPS) is 18.3. The standard InChI is InChI=1S/C23H18F3N3O2S/c24-23(25,26)15-3-1-13(2-4-15)14-7-17(8-14)31-16-5-6-19-18(9-16)20(10-28-19)29-22(30)21-11-27-12-32-21/h1-6,9-12,14,17,28H,7-8H2,(H,29,30)/t14-,17-. The van der Waals surface area contributed by atoms with Crippen LogP contribution in [0.1, 0.15) is 39.6 Å². The van der Waals surface area contributed by atoms with Gasteiger partial charge in [-0.3, -0.25) is 9.78 Å². The lowest BCUT2D eigenvalue weighted by atomic mass is 9.77. The van der Waals surface area contributed by atoms with Crippen molar-refractivity contribution < 1.29 is 22.7 Å². The number of alkyl halides is 3. The number of thiazole rings is 1.